The number of rotatable bonds is 5. The summed E-state index contributed by atoms with van der Waals surface area (Å²) in [6.07, 6.45) is 10.1. The van der Waals surface area contributed by atoms with E-state index >= 15 is 0 Å². The Hall–Kier alpha value is -0.770. The Morgan fingerprint density at radius 3 is 2.18 bits per heavy atom. The number of carbonyl (C=O) groups excluding carboxylic acids is 1. The van der Waals surface area contributed by atoms with Gasteiger partial charge in [0.25, 0.3) is 0 Å². The van der Waals surface area contributed by atoms with Crippen molar-refractivity contribution in [1.29, 1.82) is 0 Å². The standard InChI is InChI=1S/C18H34N2O2/c1-3-5-6-9-18(4-2)10-14-20(15-11-18)17(22)19-12-7-16(21)8-13-19/h16,21H,3-15H2,1-2H3. The zero-order valence-corrected chi connectivity index (χ0v) is 14.5. The Morgan fingerprint density at radius 1 is 1.05 bits per heavy atom. The maximum Gasteiger partial charge on any atom is 0.320 e. The second-order valence-corrected chi connectivity index (χ2v) is 7.30. The van der Waals surface area contributed by atoms with Crippen LogP contribution >= 0.6 is 0 Å². The Morgan fingerprint density at radius 2 is 1.64 bits per heavy atom. The molecule has 0 unspecified atom stereocenters. The minimum atomic E-state index is -0.211. The van der Waals surface area contributed by atoms with Crippen LogP contribution in [0.15, 0.2) is 0 Å². The third kappa shape index (κ3) is 4.37. The van der Waals surface area contributed by atoms with E-state index in [1.54, 1.807) is 0 Å². The summed E-state index contributed by atoms with van der Waals surface area (Å²) < 4.78 is 0. The molecule has 0 atom stereocenters. The van der Waals surface area contributed by atoms with Crippen LogP contribution in [-0.2, 0) is 0 Å². The monoisotopic (exact) mass is 310 g/mol. The quantitative estimate of drug-likeness (QED) is 0.788. The number of hydrogen-bond donors (Lipinski definition) is 1. The van der Waals surface area contributed by atoms with Crippen LogP contribution in [0.1, 0.15) is 71.6 Å². The van der Waals surface area contributed by atoms with E-state index in [-0.39, 0.29) is 12.1 Å². The topological polar surface area (TPSA) is 43.8 Å². The maximum absolute atomic E-state index is 12.6. The van der Waals surface area contributed by atoms with Crippen LogP contribution in [0.5, 0.6) is 0 Å². The molecular formula is C18H34N2O2. The zero-order chi connectivity index (χ0) is 16.0. The van der Waals surface area contributed by atoms with Crippen LogP contribution in [0.3, 0.4) is 0 Å². The summed E-state index contributed by atoms with van der Waals surface area (Å²) in [7, 11) is 0. The lowest BCUT2D eigenvalue weighted by Crippen LogP contribution is -2.51. The van der Waals surface area contributed by atoms with Gasteiger partial charge in [0, 0.05) is 26.2 Å². The molecule has 0 aromatic rings. The first-order chi connectivity index (χ1) is 10.6. The largest absolute Gasteiger partial charge is 0.393 e. The fourth-order valence-corrected chi connectivity index (χ4v) is 3.96. The van der Waals surface area contributed by atoms with Gasteiger partial charge in [-0.05, 0) is 37.5 Å². The van der Waals surface area contributed by atoms with Gasteiger partial charge >= 0.3 is 6.03 Å². The van der Waals surface area contributed by atoms with Gasteiger partial charge in [0.1, 0.15) is 0 Å². The van der Waals surface area contributed by atoms with Gasteiger partial charge in [0.2, 0.25) is 0 Å². The van der Waals surface area contributed by atoms with Crippen molar-refractivity contribution >= 4 is 6.03 Å². The third-order valence-electron chi connectivity index (χ3n) is 5.89. The van der Waals surface area contributed by atoms with Gasteiger partial charge < -0.3 is 14.9 Å². The van der Waals surface area contributed by atoms with Gasteiger partial charge in [-0.2, -0.15) is 0 Å². The molecule has 2 fully saturated rings. The van der Waals surface area contributed by atoms with Gasteiger partial charge in [-0.15, -0.1) is 0 Å². The van der Waals surface area contributed by atoms with E-state index in [2.05, 4.69) is 13.8 Å². The van der Waals surface area contributed by atoms with Crippen molar-refractivity contribution in [3.05, 3.63) is 0 Å². The van der Waals surface area contributed by atoms with Gasteiger partial charge in [-0.3, -0.25) is 0 Å². The second-order valence-electron chi connectivity index (χ2n) is 7.30. The summed E-state index contributed by atoms with van der Waals surface area (Å²) in [4.78, 5) is 16.6. The number of hydrogen-bond acceptors (Lipinski definition) is 2. The van der Waals surface area contributed by atoms with Crippen LogP contribution in [0, 0.1) is 5.41 Å². The van der Waals surface area contributed by atoms with Crippen molar-refractivity contribution in [2.75, 3.05) is 26.2 Å². The normalized spacial score (nSPS) is 22.9. The molecule has 0 bridgehead atoms. The average Bonchev–Trinajstić information content (AvgIpc) is 2.56. The summed E-state index contributed by atoms with van der Waals surface area (Å²) in [6, 6.07) is 0.199. The van der Waals surface area contributed by atoms with E-state index in [1.807, 2.05) is 9.80 Å². The molecule has 0 radical (unpaired) electrons. The van der Waals surface area contributed by atoms with Crippen LogP contribution < -0.4 is 0 Å². The minimum Gasteiger partial charge on any atom is -0.393 e. The number of aliphatic hydroxyl groups is 1. The Balaban J connectivity index is 1.81. The smallest absolute Gasteiger partial charge is 0.320 e. The highest BCUT2D eigenvalue weighted by Crippen LogP contribution is 2.40. The summed E-state index contributed by atoms with van der Waals surface area (Å²) in [5.74, 6) is 0. The number of nitrogens with zero attached hydrogens (tertiary/aromatic N) is 2. The number of aliphatic hydroxyl groups excluding tert-OH is 1. The number of likely N-dealkylation sites (tertiary alicyclic amines) is 2. The van der Waals surface area contributed by atoms with E-state index in [9.17, 15) is 9.90 Å². The fraction of sp³-hybridized carbons (Fsp3) is 0.944. The van der Waals surface area contributed by atoms with E-state index < -0.39 is 0 Å². The first-order valence-electron chi connectivity index (χ1n) is 9.32. The lowest BCUT2D eigenvalue weighted by atomic mass is 9.72. The fourth-order valence-electron chi connectivity index (χ4n) is 3.96. The van der Waals surface area contributed by atoms with Crippen molar-refractivity contribution in [3.8, 4) is 0 Å². The number of unbranched alkanes of at least 4 members (excludes halogenated alkanes) is 2. The number of piperidine rings is 2. The van der Waals surface area contributed by atoms with Crippen LogP contribution in [0.4, 0.5) is 4.79 Å². The van der Waals surface area contributed by atoms with Crippen molar-refractivity contribution in [1.82, 2.24) is 9.80 Å². The van der Waals surface area contributed by atoms with E-state index in [4.69, 9.17) is 0 Å². The van der Waals surface area contributed by atoms with Crippen LogP contribution in [0.25, 0.3) is 0 Å². The summed E-state index contributed by atoms with van der Waals surface area (Å²) in [5, 5.41) is 9.57. The summed E-state index contributed by atoms with van der Waals surface area (Å²) in [5.41, 5.74) is 0.476. The molecule has 4 nitrogen and oxygen atoms in total. The average molecular weight is 310 g/mol. The molecule has 1 N–H and O–H groups in total. The first kappa shape index (κ1) is 17.6. The first-order valence-corrected chi connectivity index (χ1v) is 9.32. The molecule has 0 spiro atoms. The molecule has 22 heavy (non-hydrogen) atoms. The lowest BCUT2D eigenvalue weighted by Gasteiger charge is -2.43. The predicted octanol–water partition coefficient (Wildman–Crippen LogP) is 3.64. The maximum atomic E-state index is 12.6. The van der Waals surface area contributed by atoms with Crippen molar-refractivity contribution in [3.63, 3.8) is 0 Å². The summed E-state index contributed by atoms with van der Waals surface area (Å²) >= 11 is 0. The van der Waals surface area contributed by atoms with E-state index in [0.29, 0.717) is 18.5 Å². The zero-order valence-electron chi connectivity index (χ0n) is 14.5. The molecule has 2 rings (SSSR count). The SMILES string of the molecule is CCCCCC1(CC)CCN(C(=O)N2CCC(O)CC2)CC1. The van der Waals surface area contributed by atoms with Gasteiger partial charge in [0.15, 0.2) is 0 Å². The molecule has 4 heteroatoms. The molecule has 128 valence electrons. The minimum absolute atomic E-state index is 0.199. The van der Waals surface area contributed by atoms with Gasteiger partial charge in [-0.25, -0.2) is 4.79 Å². The number of urea groups is 1. The Kier molecular flexibility index (Phi) is 6.54. The molecule has 2 aliphatic heterocycles. The highest BCUT2D eigenvalue weighted by molar-refractivity contribution is 5.74. The van der Waals surface area contributed by atoms with E-state index in [0.717, 1.165) is 38.8 Å². The highest BCUT2D eigenvalue weighted by atomic mass is 16.3. The molecule has 0 saturated carbocycles. The van der Waals surface area contributed by atoms with Crippen molar-refractivity contribution in [2.24, 2.45) is 5.41 Å². The molecule has 0 aliphatic carbocycles. The van der Waals surface area contributed by atoms with Gasteiger partial charge in [0.05, 0.1) is 6.10 Å². The molecule has 2 aliphatic rings. The lowest BCUT2D eigenvalue weighted by molar-refractivity contribution is 0.0608. The molecule has 0 aromatic heterocycles. The Bertz CT molecular complexity index is 343. The predicted molar refractivity (Wildman–Crippen MR) is 89.9 cm³/mol. The highest BCUT2D eigenvalue weighted by Gasteiger charge is 2.35. The molecule has 2 amide bonds. The third-order valence-corrected chi connectivity index (χ3v) is 5.89. The number of amides is 2. The molecule has 2 heterocycles. The summed E-state index contributed by atoms with van der Waals surface area (Å²) in [6.45, 7) is 7.83. The van der Waals surface area contributed by atoms with Gasteiger partial charge in [-0.1, -0.05) is 39.5 Å². The second kappa shape index (κ2) is 8.19. The molecular weight excluding hydrogens is 276 g/mol. The Labute approximate surface area is 135 Å². The van der Waals surface area contributed by atoms with Crippen LogP contribution in [-0.4, -0.2) is 53.2 Å². The van der Waals surface area contributed by atoms with Crippen molar-refractivity contribution in [2.45, 2.75) is 77.7 Å². The molecule has 2 saturated heterocycles. The van der Waals surface area contributed by atoms with Crippen LogP contribution in [0.2, 0.25) is 0 Å². The van der Waals surface area contributed by atoms with Crippen molar-refractivity contribution < 1.29 is 9.90 Å². The number of carbonyl (C=O) groups is 1. The molecule has 0 aromatic carbocycles. The van der Waals surface area contributed by atoms with E-state index in [1.165, 1.54) is 32.1 Å².